The molecule has 0 saturated heterocycles. The van der Waals surface area contributed by atoms with Crippen LogP contribution in [0.2, 0.25) is 10.0 Å². The van der Waals surface area contributed by atoms with Crippen LogP contribution in [-0.4, -0.2) is 13.3 Å². The first-order valence-corrected chi connectivity index (χ1v) is 9.45. The zero-order valence-electron chi connectivity index (χ0n) is 14.3. The van der Waals surface area contributed by atoms with Crippen LogP contribution in [0.15, 0.2) is 53.6 Å². The summed E-state index contributed by atoms with van der Waals surface area (Å²) in [6.45, 7) is 0. The van der Waals surface area contributed by atoms with Crippen LogP contribution in [-0.2, 0) is 6.18 Å². The second kappa shape index (κ2) is 8.43. The van der Waals surface area contributed by atoms with E-state index in [2.05, 4.69) is 10.5 Å². The Kier molecular flexibility index (Phi) is 6.17. The Morgan fingerprint density at radius 2 is 1.79 bits per heavy atom. The summed E-state index contributed by atoms with van der Waals surface area (Å²) in [5.74, 6) is 0.756. The van der Waals surface area contributed by atoms with Gasteiger partial charge in [-0.1, -0.05) is 23.2 Å². The van der Waals surface area contributed by atoms with E-state index in [1.807, 2.05) is 36.4 Å². The average molecular weight is 445 g/mol. The topological polar surface area (TPSA) is 33.6 Å². The van der Waals surface area contributed by atoms with Gasteiger partial charge in [-0.2, -0.15) is 18.3 Å². The van der Waals surface area contributed by atoms with Crippen molar-refractivity contribution in [1.29, 1.82) is 0 Å². The minimum Gasteiger partial charge on any atom is -0.497 e. The van der Waals surface area contributed by atoms with Crippen LogP contribution in [0.5, 0.6) is 5.75 Å². The Balaban J connectivity index is 1.78. The number of hydrogen-bond acceptors (Lipinski definition) is 4. The van der Waals surface area contributed by atoms with Crippen molar-refractivity contribution < 1.29 is 17.9 Å². The molecular formula is C19H13Cl2F3N2OS. The van der Waals surface area contributed by atoms with Crippen molar-refractivity contribution in [3.63, 3.8) is 0 Å². The number of benzene rings is 2. The van der Waals surface area contributed by atoms with Crippen molar-refractivity contribution in [1.82, 2.24) is 0 Å². The fourth-order valence-corrected chi connectivity index (χ4v) is 3.83. The van der Waals surface area contributed by atoms with Gasteiger partial charge in [0.05, 0.1) is 29.6 Å². The number of nitrogens with one attached hydrogen (secondary N) is 1. The van der Waals surface area contributed by atoms with Crippen molar-refractivity contribution >= 4 is 46.4 Å². The van der Waals surface area contributed by atoms with E-state index < -0.39 is 11.7 Å². The van der Waals surface area contributed by atoms with Crippen molar-refractivity contribution in [2.75, 3.05) is 12.5 Å². The third-order valence-electron chi connectivity index (χ3n) is 3.73. The predicted octanol–water partition coefficient (Wildman–Crippen LogP) is 7.20. The maximum absolute atomic E-state index is 13.2. The van der Waals surface area contributed by atoms with E-state index in [0.29, 0.717) is 0 Å². The first-order chi connectivity index (χ1) is 13.3. The van der Waals surface area contributed by atoms with E-state index in [4.69, 9.17) is 27.9 Å². The Hall–Kier alpha value is -2.22. The lowest BCUT2D eigenvalue weighted by molar-refractivity contribution is -0.136. The van der Waals surface area contributed by atoms with Crippen molar-refractivity contribution in [3.8, 4) is 16.2 Å². The van der Waals surface area contributed by atoms with E-state index >= 15 is 0 Å². The van der Waals surface area contributed by atoms with E-state index in [1.54, 1.807) is 7.11 Å². The fourth-order valence-electron chi connectivity index (χ4n) is 2.40. The highest BCUT2D eigenvalue weighted by Crippen LogP contribution is 2.40. The third kappa shape index (κ3) is 4.79. The number of halogens is 5. The van der Waals surface area contributed by atoms with Crippen molar-refractivity contribution in [3.05, 3.63) is 69.0 Å². The van der Waals surface area contributed by atoms with Gasteiger partial charge in [-0.05, 0) is 54.1 Å². The van der Waals surface area contributed by atoms with Crippen LogP contribution in [0.3, 0.4) is 0 Å². The number of ether oxygens (including phenoxy) is 1. The zero-order valence-corrected chi connectivity index (χ0v) is 16.7. The SMILES string of the molecule is COc1ccc(-c2ccc(/C=N/Nc3c(Cl)cc(Cl)cc3C(F)(F)F)s2)cc1. The largest absolute Gasteiger partial charge is 0.497 e. The quantitative estimate of drug-likeness (QED) is 0.333. The molecule has 9 heteroatoms. The van der Waals surface area contributed by atoms with Gasteiger partial charge in [0.15, 0.2) is 0 Å². The Labute approximate surface area is 173 Å². The number of hydrazone groups is 1. The molecule has 0 aliphatic heterocycles. The smallest absolute Gasteiger partial charge is 0.418 e. The first-order valence-electron chi connectivity index (χ1n) is 7.87. The molecule has 3 aromatic rings. The molecule has 3 nitrogen and oxygen atoms in total. The first kappa shape index (κ1) is 20.5. The number of anilines is 1. The predicted molar refractivity (Wildman–Crippen MR) is 109 cm³/mol. The summed E-state index contributed by atoms with van der Waals surface area (Å²) in [7, 11) is 1.60. The highest BCUT2D eigenvalue weighted by atomic mass is 35.5. The molecule has 0 bridgehead atoms. The van der Waals surface area contributed by atoms with E-state index in [-0.39, 0.29) is 15.7 Å². The van der Waals surface area contributed by atoms with Gasteiger partial charge in [0.1, 0.15) is 5.75 Å². The van der Waals surface area contributed by atoms with Gasteiger partial charge < -0.3 is 4.74 Å². The molecule has 1 aromatic heterocycles. The molecule has 146 valence electrons. The summed E-state index contributed by atoms with van der Waals surface area (Å²) in [5, 5.41) is 3.63. The summed E-state index contributed by atoms with van der Waals surface area (Å²) in [4.78, 5) is 1.75. The molecule has 0 fully saturated rings. The van der Waals surface area contributed by atoms with Crippen LogP contribution in [0, 0.1) is 0 Å². The maximum atomic E-state index is 13.2. The summed E-state index contributed by atoms with van der Waals surface area (Å²) < 4.78 is 44.7. The number of rotatable bonds is 5. The van der Waals surface area contributed by atoms with E-state index in [1.165, 1.54) is 23.6 Å². The lowest BCUT2D eigenvalue weighted by Crippen LogP contribution is -2.09. The molecule has 0 spiro atoms. The minimum atomic E-state index is -4.61. The Morgan fingerprint density at radius 3 is 2.43 bits per heavy atom. The molecule has 1 heterocycles. The molecule has 0 saturated carbocycles. The molecule has 2 aromatic carbocycles. The summed E-state index contributed by atoms with van der Waals surface area (Å²) in [5.41, 5.74) is 2.05. The van der Waals surface area contributed by atoms with Crippen LogP contribution in [0.1, 0.15) is 10.4 Å². The maximum Gasteiger partial charge on any atom is 0.418 e. The van der Waals surface area contributed by atoms with Gasteiger partial charge in [0, 0.05) is 14.8 Å². The molecule has 0 radical (unpaired) electrons. The summed E-state index contributed by atoms with van der Waals surface area (Å²) in [6, 6.07) is 13.3. The zero-order chi connectivity index (χ0) is 20.3. The second-order valence-electron chi connectivity index (χ2n) is 5.61. The van der Waals surface area contributed by atoms with E-state index in [0.717, 1.165) is 27.1 Å². The van der Waals surface area contributed by atoms with E-state index in [9.17, 15) is 13.2 Å². The monoisotopic (exact) mass is 444 g/mol. The Bertz CT molecular complexity index is 1000. The molecule has 0 atom stereocenters. The third-order valence-corrected chi connectivity index (χ3v) is 5.32. The van der Waals surface area contributed by atoms with Gasteiger partial charge in [-0.25, -0.2) is 0 Å². The van der Waals surface area contributed by atoms with Gasteiger partial charge in [0.25, 0.3) is 0 Å². The highest BCUT2D eigenvalue weighted by Gasteiger charge is 2.35. The Morgan fingerprint density at radius 1 is 1.07 bits per heavy atom. The molecule has 0 aliphatic rings. The van der Waals surface area contributed by atoms with Gasteiger partial charge in [-0.3, -0.25) is 5.43 Å². The molecule has 28 heavy (non-hydrogen) atoms. The number of nitrogens with zero attached hydrogens (tertiary/aromatic N) is 1. The molecular weight excluding hydrogens is 432 g/mol. The van der Waals surface area contributed by atoms with Crippen LogP contribution in [0.25, 0.3) is 10.4 Å². The molecule has 0 amide bonds. The standard InChI is InChI=1S/C19H13Cl2F3N2OS/c1-27-13-4-2-11(3-5-13)17-7-6-14(28-17)10-25-26-18-15(19(22,23)24)8-12(20)9-16(18)21/h2-10,26H,1H3/b25-10+. The lowest BCUT2D eigenvalue weighted by atomic mass is 10.1. The molecule has 1 N–H and O–H groups in total. The van der Waals surface area contributed by atoms with Crippen molar-refractivity contribution in [2.24, 2.45) is 5.10 Å². The average Bonchev–Trinajstić information content (AvgIpc) is 3.11. The van der Waals surface area contributed by atoms with Crippen LogP contribution >= 0.6 is 34.5 Å². The van der Waals surface area contributed by atoms with Crippen LogP contribution < -0.4 is 10.2 Å². The number of methoxy groups -OCH3 is 1. The molecule has 3 rings (SSSR count). The normalized spacial score (nSPS) is 11.8. The van der Waals surface area contributed by atoms with Gasteiger partial charge in [-0.15, -0.1) is 11.3 Å². The highest BCUT2D eigenvalue weighted by molar-refractivity contribution is 7.17. The fraction of sp³-hybridized carbons (Fsp3) is 0.105. The number of hydrogen-bond donors (Lipinski definition) is 1. The second-order valence-corrected chi connectivity index (χ2v) is 7.57. The van der Waals surface area contributed by atoms with Gasteiger partial charge >= 0.3 is 6.18 Å². The molecule has 0 unspecified atom stereocenters. The van der Waals surface area contributed by atoms with Gasteiger partial charge in [0.2, 0.25) is 0 Å². The number of thiophene rings is 1. The summed E-state index contributed by atoms with van der Waals surface area (Å²) >= 11 is 13.0. The lowest BCUT2D eigenvalue weighted by Gasteiger charge is -2.14. The molecule has 0 aliphatic carbocycles. The summed E-state index contributed by atoms with van der Waals surface area (Å²) in [6.07, 6.45) is -3.18. The van der Waals surface area contributed by atoms with Crippen molar-refractivity contribution in [2.45, 2.75) is 6.18 Å². The number of alkyl halides is 3. The van der Waals surface area contributed by atoms with Crippen LogP contribution in [0.4, 0.5) is 18.9 Å². The minimum absolute atomic E-state index is 0.103.